The molecule has 1 heterocycles. The van der Waals surface area contributed by atoms with Crippen molar-refractivity contribution >= 4 is 5.91 Å². The molecule has 20 heavy (non-hydrogen) atoms. The molecule has 0 aromatic heterocycles. The van der Waals surface area contributed by atoms with Crippen LogP contribution >= 0.6 is 0 Å². The van der Waals surface area contributed by atoms with Crippen LogP contribution in [-0.4, -0.2) is 42.7 Å². The number of methoxy groups -OCH3 is 1. The van der Waals surface area contributed by atoms with Crippen molar-refractivity contribution < 1.29 is 14.6 Å². The molecule has 2 atom stereocenters. The van der Waals surface area contributed by atoms with Gasteiger partial charge in [0.05, 0.1) is 13.2 Å². The van der Waals surface area contributed by atoms with Crippen LogP contribution in [0.1, 0.15) is 18.9 Å². The number of nitrogens with zero attached hydrogens (tertiary/aromatic N) is 1. The minimum absolute atomic E-state index is 0.0842. The first kappa shape index (κ1) is 14.7. The van der Waals surface area contributed by atoms with Crippen LogP contribution in [0.5, 0.6) is 11.5 Å². The van der Waals surface area contributed by atoms with Gasteiger partial charge in [0.15, 0.2) is 11.5 Å². The lowest BCUT2D eigenvalue weighted by Gasteiger charge is -2.23. The maximum absolute atomic E-state index is 12.4. The Kier molecular flexibility index (Phi) is 4.49. The van der Waals surface area contributed by atoms with Crippen LogP contribution in [0, 0.1) is 5.92 Å². The molecular formula is C15H22N2O3. The van der Waals surface area contributed by atoms with Crippen molar-refractivity contribution in [3.8, 4) is 11.5 Å². The van der Waals surface area contributed by atoms with Crippen molar-refractivity contribution in [1.82, 2.24) is 10.2 Å². The second kappa shape index (κ2) is 6.13. The number of hydrogen-bond acceptors (Lipinski definition) is 4. The number of ether oxygens (including phenoxy) is 1. The summed E-state index contributed by atoms with van der Waals surface area (Å²) >= 11 is 0. The molecule has 0 bridgehead atoms. The van der Waals surface area contributed by atoms with E-state index < -0.39 is 0 Å². The Labute approximate surface area is 119 Å². The number of hydrogen-bond donors (Lipinski definition) is 2. The molecule has 1 aromatic carbocycles. The van der Waals surface area contributed by atoms with Crippen molar-refractivity contribution in [2.45, 2.75) is 25.9 Å². The van der Waals surface area contributed by atoms with Crippen LogP contribution in [0.3, 0.4) is 0 Å². The van der Waals surface area contributed by atoms with Crippen LogP contribution in [0.15, 0.2) is 18.2 Å². The Morgan fingerprint density at radius 3 is 2.90 bits per heavy atom. The zero-order valence-corrected chi connectivity index (χ0v) is 12.2. The van der Waals surface area contributed by atoms with Crippen molar-refractivity contribution in [3.05, 3.63) is 23.8 Å². The van der Waals surface area contributed by atoms with Gasteiger partial charge in [-0.1, -0.05) is 13.0 Å². The number of benzene rings is 1. The number of aromatic hydroxyl groups is 1. The third kappa shape index (κ3) is 3.04. The van der Waals surface area contributed by atoms with Gasteiger partial charge in [-0.2, -0.15) is 0 Å². The average molecular weight is 278 g/mol. The van der Waals surface area contributed by atoms with E-state index in [0.717, 1.165) is 18.5 Å². The molecule has 1 saturated heterocycles. The van der Waals surface area contributed by atoms with E-state index in [1.54, 1.807) is 30.1 Å². The Balaban J connectivity index is 2.03. The molecule has 0 radical (unpaired) electrons. The highest BCUT2D eigenvalue weighted by Crippen LogP contribution is 2.27. The van der Waals surface area contributed by atoms with Crippen molar-refractivity contribution in [2.24, 2.45) is 5.92 Å². The summed E-state index contributed by atoms with van der Waals surface area (Å²) in [5.74, 6) is 1.02. The molecule has 1 aromatic rings. The molecule has 1 amide bonds. The molecule has 0 spiro atoms. The van der Waals surface area contributed by atoms with Crippen LogP contribution < -0.4 is 10.1 Å². The van der Waals surface area contributed by atoms with E-state index >= 15 is 0 Å². The summed E-state index contributed by atoms with van der Waals surface area (Å²) in [7, 11) is 3.31. The molecule has 1 aliphatic rings. The first-order valence-corrected chi connectivity index (χ1v) is 6.87. The molecule has 2 unspecified atom stereocenters. The molecular weight excluding hydrogens is 256 g/mol. The van der Waals surface area contributed by atoms with Gasteiger partial charge in [-0.15, -0.1) is 0 Å². The van der Waals surface area contributed by atoms with Crippen LogP contribution in [0.25, 0.3) is 0 Å². The lowest BCUT2D eigenvalue weighted by molar-refractivity contribution is -0.133. The number of carbonyl (C=O) groups is 1. The van der Waals surface area contributed by atoms with Gasteiger partial charge in [-0.05, 0) is 36.6 Å². The van der Waals surface area contributed by atoms with Gasteiger partial charge in [-0.3, -0.25) is 4.79 Å². The monoisotopic (exact) mass is 278 g/mol. The lowest BCUT2D eigenvalue weighted by Crippen LogP contribution is -2.43. The predicted molar refractivity (Wildman–Crippen MR) is 76.7 cm³/mol. The Bertz CT molecular complexity index is 490. The van der Waals surface area contributed by atoms with E-state index in [4.69, 9.17) is 4.74 Å². The Morgan fingerprint density at radius 2 is 2.30 bits per heavy atom. The number of likely N-dealkylation sites (N-methyl/N-ethyl adjacent to an activating group) is 1. The first-order chi connectivity index (χ1) is 9.52. The Morgan fingerprint density at radius 1 is 1.55 bits per heavy atom. The number of nitrogens with one attached hydrogen (secondary N) is 1. The normalized spacial score (nSPS) is 21.8. The SMILES string of the molecule is COc1cc(CN(C)C(=O)C2NCCC2C)ccc1O. The van der Waals surface area contributed by atoms with Gasteiger partial charge < -0.3 is 20.1 Å². The highest BCUT2D eigenvalue weighted by Gasteiger charge is 2.31. The van der Waals surface area contributed by atoms with Gasteiger partial charge in [0.2, 0.25) is 5.91 Å². The van der Waals surface area contributed by atoms with Crippen LogP contribution in [0.2, 0.25) is 0 Å². The fourth-order valence-electron chi connectivity index (χ4n) is 2.57. The number of carbonyl (C=O) groups excluding carboxylic acids is 1. The fourth-order valence-corrected chi connectivity index (χ4v) is 2.57. The summed E-state index contributed by atoms with van der Waals surface area (Å²) in [6.07, 6.45) is 1.04. The molecule has 5 nitrogen and oxygen atoms in total. The predicted octanol–water partition coefficient (Wildman–Crippen LogP) is 1.36. The third-order valence-corrected chi connectivity index (χ3v) is 3.84. The number of rotatable bonds is 4. The largest absolute Gasteiger partial charge is 0.504 e. The molecule has 1 aliphatic heterocycles. The van der Waals surface area contributed by atoms with Crippen molar-refractivity contribution in [1.29, 1.82) is 0 Å². The van der Waals surface area contributed by atoms with E-state index in [0.29, 0.717) is 18.2 Å². The molecule has 1 fully saturated rings. The maximum atomic E-state index is 12.4. The van der Waals surface area contributed by atoms with Gasteiger partial charge in [0.1, 0.15) is 0 Å². The Hall–Kier alpha value is -1.75. The number of amides is 1. The highest BCUT2D eigenvalue weighted by molar-refractivity contribution is 5.82. The summed E-state index contributed by atoms with van der Waals surface area (Å²) in [5.41, 5.74) is 0.932. The summed E-state index contributed by atoms with van der Waals surface area (Å²) in [5, 5.41) is 12.8. The lowest BCUT2D eigenvalue weighted by atomic mass is 10.0. The van der Waals surface area contributed by atoms with Crippen LogP contribution in [-0.2, 0) is 11.3 Å². The van der Waals surface area contributed by atoms with Gasteiger partial charge in [0.25, 0.3) is 0 Å². The second-order valence-electron chi connectivity index (χ2n) is 5.40. The van der Waals surface area contributed by atoms with Gasteiger partial charge >= 0.3 is 0 Å². The third-order valence-electron chi connectivity index (χ3n) is 3.84. The molecule has 5 heteroatoms. The first-order valence-electron chi connectivity index (χ1n) is 6.87. The second-order valence-corrected chi connectivity index (χ2v) is 5.40. The average Bonchev–Trinajstić information content (AvgIpc) is 2.86. The molecule has 0 saturated carbocycles. The minimum atomic E-state index is -0.0842. The summed E-state index contributed by atoms with van der Waals surface area (Å²) in [4.78, 5) is 14.1. The standard InChI is InChI=1S/C15H22N2O3/c1-10-6-7-16-14(10)15(19)17(2)9-11-4-5-12(18)13(8-11)20-3/h4-5,8,10,14,16,18H,6-7,9H2,1-3H3. The zero-order chi connectivity index (χ0) is 14.7. The van der Waals surface area contributed by atoms with Gasteiger partial charge in [-0.25, -0.2) is 0 Å². The fraction of sp³-hybridized carbons (Fsp3) is 0.533. The number of phenols is 1. The van der Waals surface area contributed by atoms with E-state index in [1.165, 1.54) is 7.11 Å². The highest BCUT2D eigenvalue weighted by atomic mass is 16.5. The number of phenolic OH excluding ortho intramolecular Hbond substituents is 1. The maximum Gasteiger partial charge on any atom is 0.240 e. The van der Waals surface area contributed by atoms with E-state index in [-0.39, 0.29) is 17.7 Å². The molecule has 2 N–H and O–H groups in total. The van der Waals surface area contributed by atoms with E-state index in [2.05, 4.69) is 12.2 Å². The summed E-state index contributed by atoms with van der Waals surface area (Å²) in [6, 6.07) is 5.06. The zero-order valence-electron chi connectivity index (χ0n) is 12.2. The molecule has 110 valence electrons. The van der Waals surface area contributed by atoms with Crippen molar-refractivity contribution in [2.75, 3.05) is 20.7 Å². The van der Waals surface area contributed by atoms with Gasteiger partial charge in [0, 0.05) is 13.6 Å². The summed E-state index contributed by atoms with van der Waals surface area (Å²) < 4.78 is 5.08. The molecule has 0 aliphatic carbocycles. The minimum Gasteiger partial charge on any atom is -0.504 e. The van der Waals surface area contributed by atoms with E-state index in [1.807, 2.05) is 0 Å². The van der Waals surface area contributed by atoms with E-state index in [9.17, 15) is 9.90 Å². The topological polar surface area (TPSA) is 61.8 Å². The summed E-state index contributed by atoms with van der Waals surface area (Å²) in [6.45, 7) is 3.50. The van der Waals surface area contributed by atoms with Crippen molar-refractivity contribution in [3.63, 3.8) is 0 Å². The van der Waals surface area contributed by atoms with Crippen LogP contribution in [0.4, 0.5) is 0 Å². The smallest absolute Gasteiger partial charge is 0.240 e. The molecule has 2 rings (SSSR count). The quantitative estimate of drug-likeness (QED) is 0.873.